The van der Waals surface area contributed by atoms with Gasteiger partial charge in [0.05, 0.1) is 11.3 Å². The van der Waals surface area contributed by atoms with Crippen LogP contribution in [0.3, 0.4) is 0 Å². The van der Waals surface area contributed by atoms with Gasteiger partial charge in [0.25, 0.3) is 5.91 Å². The van der Waals surface area contributed by atoms with Gasteiger partial charge in [-0.05, 0) is 30.7 Å². The Bertz CT molecular complexity index is 571. The summed E-state index contributed by atoms with van der Waals surface area (Å²) in [5, 5.41) is 2.81. The molecule has 6 nitrogen and oxygen atoms in total. The summed E-state index contributed by atoms with van der Waals surface area (Å²) in [5.74, 6) is 5.17. The van der Waals surface area contributed by atoms with Gasteiger partial charge in [0.2, 0.25) is 0 Å². The molecule has 4 N–H and O–H groups in total. The smallest absolute Gasteiger partial charge is 0.255 e. The van der Waals surface area contributed by atoms with Crippen LogP contribution >= 0.6 is 0 Å². The number of nitrogens with one attached hydrogen (secondary N) is 2. The van der Waals surface area contributed by atoms with Crippen LogP contribution in [0.2, 0.25) is 0 Å². The van der Waals surface area contributed by atoms with E-state index >= 15 is 0 Å². The molecule has 0 unspecified atom stereocenters. The Hall–Kier alpha value is -2.47. The van der Waals surface area contributed by atoms with Crippen LogP contribution in [0.15, 0.2) is 36.8 Å². The molecule has 19 heavy (non-hydrogen) atoms. The zero-order chi connectivity index (χ0) is 13.7. The van der Waals surface area contributed by atoms with E-state index in [1.54, 1.807) is 18.5 Å². The fourth-order valence-corrected chi connectivity index (χ4v) is 1.64. The van der Waals surface area contributed by atoms with Crippen molar-refractivity contribution in [2.75, 3.05) is 5.43 Å². The molecule has 0 aliphatic heterocycles. The van der Waals surface area contributed by atoms with Crippen LogP contribution < -0.4 is 16.6 Å². The van der Waals surface area contributed by atoms with E-state index in [1.165, 1.54) is 6.20 Å². The second-order valence-electron chi connectivity index (χ2n) is 4.05. The van der Waals surface area contributed by atoms with Crippen LogP contribution in [-0.4, -0.2) is 15.9 Å². The quantitative estimate of drug-likeness (QED) is 0.561. The van der Waals surface area contributed by atoms with E-state index in [1.807, 2.05) is 19.1 Å². The van der Waals surface area contributed by atoms with Crippen molar-refractivity contribution in [1.82, 2.24) is 15.3 Å². The van der Waals surface area contributed by atoms with Gasteiger partial charge in [0.1, 0.15) is 0 Å². The van der Waals surface area contributed by atoms with E-state index < -0.39 is 0 Å². The molecule has 0 aliphatic rings. The average molecular weight is 257 g/mol. The SMILES string of the molecule is Cc1cc(NN)c(C(=O)NCc2ccncc2)cn1. The Kier molecular flexibility index (Phi) is 4.04. The van der Waals surface area contributed by atoms with E-state index in [-0.39, 0.29) is 5.91 Å². The van der Waals surface area contributed by atoms with Gasteiger partial charge < -0.3 is 10.7 Å². The predicted molar refractivity (Wildman–Crippen MR) is 72.2 cm³/mol. The molecule has 0 fully saturated rings. The summed E-state index contributed by atoms with van der Waals surface area (Å²) in [4.78, 5) is 20.1. The second kappa shape index (κ2) is 5.92. The van der Waals surface area contributed by atoms with Crippen molar-refractivity contribution >= 4 is 11.6 Å². The highest BCUT2D eigenvalue weighted by Gasteiger charge is 2.11. The predicted octanol–water partition coefficient (Wildman–Crippen LogP) is 1.00. The van der Waals surface area contributed by atoms with Crippen molar-refractivity contribution in [3.63, 3.8) is 0 Å². The maximum Gasteiger partial charge on any atom is 0.255 e. The number of nitrogens with zero attached hydrogens (tertiary/aromatic N) is 2. The minimum atomic E-state index is -0.225. The van der Waals surface area contributed by atoms with Gasteiger partial charge in [-0.1, -0.05) is 0 Å². The Balaban J connectivity index is 2.08. The Morgan fingerprint density at radius 2 is 2.11 bits per heavy atom. The van der Waals surface area contributed by atoms with Crippen molar-refractivity contribution in [3.8, 4) is 0 Å². The normalized spacial score (nSPS) is 10.0. The molecule has 0 aliphatic carbocycles. The first-order valence-corrected chi connectivity index (χ1v) is 5.81. The highest BCUT2D eigenvalue weighted by atomic mass is 16.1. The molecule has 0 radical (unpaired) electrons. The number of carbonyl (C=O) groups excluding carboxylic acids is 1. The lowest BCUT2D eigenvalue weighted by atomic mass is 10.2. The number of nitrogen functional groups attached to an aromatic ring is 1. The Labute approximate surface area is 111 Å². The maximum absolute atomic E-state index is 12.0. The molecule has 2 rings (SSSR count). The number of aromatic nitrogens is 2. The van der Waals surface area contributed by atoms with E-state index in [4.69, 9.17) is 5.84 Å². The summed E-state index contributed by atoms with van der Waals surface area (Å²) in [5.41, 5.74) is 5.25. The number of hydrogen-bond donors (Lipinski definition) is 3. The van der Waals surface area contributed by atoms with E-state index in [0.29, 0.717) is 17.8 Å². The fourth-order valence-electron chi connectivity index (χ4n) is 1.64. The van der Waals surface area contributed by atoms with E-state index in [2.05, 4.69) is 20.7 Å². The maximum atomic E-state index is 12.0. The minimum Gasteiger partial charge on any atom is -0.348 e. The van der Waals surface area contributed by atoms with Crippen LogP contribution in [0.5, 0.6) is 0 Å². The number of carbonyl (C=O) groups is 1. The number of amides is 1. The molecular weight excluding hydrogens is 242 g/mol. The lowest BCUT2D eigenvalue weighted by Crippen LogP contribution is -2.25. The summed E-state index contributed by atoms with van der Waals surface area (Å²) in [6.45, 7) is 2.26. The molecule has 0 spiro atoms. The van der Waals surface area contributed by atoms with Gasteiger partial charge in [-0.3, -0.25) is 20.6 Å². The summed E-state index contributed by atoms with van der Waals surface area (Å²) in [7, 11) is 0. The summed E-state index contributed by atoms with van der Waals surface area (Å²) in [6, 6.07) is 5.41. The first-order valence-electron chi connectivity index (χ1n) is 5.81. The first-order chi connectivity index (χ1) is 9.20. The molecule has 6 heteroatoms. The van der Waals surface area contributed by atoms with Crippen molar-refractivity contribution in [1.29, 1.82) is 0 Å². The van der Waals surface area contributed by atoms with Crippen LogP contribution in [0.1, 0.15) is 21.6 Å². The van der Waals surface area contributed by atoms with Crippen LogP contribution in [0.25, 0.3) is 0 Å². The van der Waals surface area contributed by atoms with Crippen molar-refractivity contribution < 1.29 is 4.79 Å². The third-order valence-electron chi connectivity index (χ3n) is 2.64. The molecule has 0 atom stereocenters. The molecule has 0 aromatic carbocycles. The number of rotatable bonds is 4. The number of anilines is 1. The topological polar surface area (TPSA) is 92.9 Å². The van der Waals surface area contributed by atoms with Gasteiger partial charge in [-0.25, -0.2) is 0 Å². The van der Waals surface area contributed by atoms with Crippen molar-refractivity contribution in [2.45, 2.75) is 13.5 Å². The summed E-state index contributed by atoms with van der Waals surface area (Å²) < 4.78 is 0. The molecule has 2 aromatic rings. The third-order valence-corrected chi connectivity index (χ3v) is 2.64. The molecule has 2 heterocycles. The number of nitrogens with two attached hydrogens (primary N) is 1. The van der Waals surface area contributed by atoms with Gasteiger partial charge in [-0.15, -0.1) is 0 Å². The van der Waals surface area contributed by atoms with Crippen LogP contribution in [0.4, 0.5) is 5.69 Å². The first kappa shape index (κ1) is 13.0. The molecule has 98 valence electrons. The summed E-state index contributed by atoms with van der Waals surface area (Å²) in [6.07, 6.45) is 4.87. The zero-order valence-corrected chi connectivity index (χ0v) is 10.6. The van der Waals surface area contributed by atoms with Crippen LogP contribution in [0, 0.1) is 6.92 Å². The van der Waals surface area contributed by atoms with Crippen molar-refractivity contribution in [2.24, 2.45) is 5.84 Å². The van der Waals surface area contributed by atoms with E-state index in [9.17, 15) is 4.79 Å². The molecule has 0 bridgehead atoms. The number of hydrazine groups is 1. The molecule has 1 amide bonds. The molecule has 0 saturated carbocycles. The third kappa shape index (κ3) is 3.26. The highest BCUT2D eigenvalue weighted by Crippen LogP contribution is 2.14. The second-order valence-corrected chi connectivity index (χ2v) is 4.05. The Morgan fingerprint density at radius 1 is 1.37 bits per heavy atom. The molecule has 0 saturated heterocycles. The highest BCUT2D eigenvalue weighted by molar-refractivity contribution is 5.99. The summed E-state index contributed by atoms with van der Waals surface area (Å²) >= 11 is 0. The number of pyridine rings is 2. The lowest BCUT2D eigenvalue weighted by Gasteiger charge is -2.10. The lowest BCUT2D eigenvalue weighted by molar-refractivity contribution is 0.0951. The van der Waals surface area contributed by atoms with E-state index in [0.717, 1.165) is 11.3 Å². The van der Waals surface area contributed by atoms with Gasteiger partial charge in [0.15, 0.2) is 0 Å². The van der Waals surface area contributed by atoms with Crippen molar-refractivity contribution in [3.05, 3.63) is 53.6 Å². The van der Waals surface area contributed by atoms with Gasteiger partial charge in [-0.2, -0.15) is 0 Å². The van der Waals surface area contributed by atoms with Gasteiger partial charge >= 0.3 is 0 Å². The number of hydrogen-bond acceptors (Lipinski definition) is 5. The average Bonchev–Trinajstić information content (AvgIpc) is 2.45. The minimum absolute atomic E-state index is 0.225. The van der Waals surface area contributed by atoms with Crippen LogP contribution in [-0.2, 0) is 6.54 Å². The zero-order valence-electron chi connectivity index (χ0n) is 10.6. The standard InChI is InChI=1S/C13H15N5O/c1-9-6-12(18-14)11(8-16-9)13(19)17-7-10-2-4-15-5-3-10/h2-6,8H,7,14H2,1H3,(H,16,18)(H,17,19). The van der Waals surface area contributed by atoms with Gasteiger partial charge in [0, 0.05) is 30.8 Å². The largest absolute Gasteiger partial charge is 0.348 e. The monoisotopic (exact) mass is 257 g/mol. The molecule has 2 aromatic heterocycles. The number of aryl methyl sites for hydroxylation is 1. The fraction of sp³-hybridized carbons (Fsp3) is 0.154. The Morgan fingerprint density at radius 3 is 2.79 bits per heavy atom. The molecular formula is C13H15N5O.